The molecule has 2 aromatic rings. The van der Waals surface area contributed by atoms with Gasteiger partial charge in [-0.15, -0.1) is 11.3 Å². The molecule has 0 atom stereocenters. The van der Waals surface area contributed by atoms with Crippen molar-refractivity contribution in [1.82, 2.24) is 9.88 Å². The van der Waals surface area contributed by atoms with E-state index in [1.807, 2.05) is 35.7 Å². The SMILES string of the molecule is CCCN(CCO)Cc1csc(CC(=O)Nc2ccccc2)n1. The largest absolute Gasteiger partial charge is 0.395 e. The average molecular weight is 333 g/mol. The van der Waals surface area contributed by atoms with Gasteiger partial charge in [0.1, 0.15) is 5.01 Å². The van der Waals surface area contributed by atoms with Gasteiger partial charge in [0.15, 0.2) is 0 Å². The summed E-state index contributed by atoms with van der Waals surface area (Å²) < 4.78 is 0. The van der Waals surface area contributed by atoms with Gasteiger partial charge in [-0.05, 0) is 25.1 Å². The zero-order chi connectivity index (χ0) is 16.5. The molecule has 0 unspecified atom stereocenters. The monoisotopic (exact) mass is 333 g/mol. The number of nitrogens with one attached hydrogen (secondary N) is 1. The standard InChI is InChI=1S/C17H23N3O2S/c1-2-8-20(9-10-21)12-15-13-23-17(19-15)11-16(22)18-14-6-4-3-5-7-14/h3-7,13,21H,2,8-12H2,1H3,(H,18,22). The molecule has 6 heteroatoms. The van der Waals surface area contributed by atoms with E-state index < -0.39 is 0 Å². The molecule has 2 rings (SSSR count). The summed E-state index contributed by atoms with van der Waals surface area (Å²) in [5.74, 6) is -0.0575. The van der Waals surface area contributed by atoms with Gasteiger partial charge in [-0.25, -0.2) is 4.98 Å². The molecule has 23 heavy (non-hydrogen) atoms. The van der Waals surface area contributed by atoms with Gasteiger partial charge in [-0.3, -0.25) is 9.69 Å². The van der Waals surface area contributed by atoms with Gasteiger partial charge in [0.2, 0.25) is 5.91 Å². The van der Waals surface area contributed by atoms with Crippen molar-refractivity contribution in [2.45, 2.75) is 26.3 Å². The number of amides is 1. The van der Waals surface area contributed by atoms with Crippen LogP contribution in [0.4, 0.5) is 5.69 Å². The summed E-state index contributed by atoms with van der Waals surface area (Å²) in [6.07, 6.45) is 1.32. The normalized spacial score (nSPS) is 10.9. The van der Waals surface area contributed by atoms with Crippen LogP contribution in [-0.4, -0.2) is 40.6 Å². The molecule has 0 saturated carbocycles. The zero-order valence-corrected chi connectivity index (χ0v) is 14.2. The van der Waals surface area contributed by atoms with E-state index in [9.17, 15) is 4.79 Å². The lowest BCUT2D eigenvalue weighted by Gasteiger charge is -2.18. The summed E-state index contributed by atoms with van der Waals surface area (Å²) >= 11 is 1.51. The van der Waals surface area contributed by atoms with E-state index in [-0.39, 0.29) is 18.9 Å². The molecule has 0 aliphatic rings. The van der Waals surface area contributed by atoms with Crippen molar-refractivity contribution in [3.05, 3.63) is 46.4 Å². The maximum absolute atomic E-state index is 12.0. The number of hydrogen-bond acceptors (Lipinski definition) is 5. The molecular formula is C17H23N3O2S. The van der Waals surface area contributed by atoms with Crippen LogP contribution >= 0.6 is 11.3 Å². The molecular weight excluding hydrogens is 310 g/mol. The van der Waals surface area contributed by atoms with E-state index in [1.54, 1.807) is 0 Å². The Hall–Kier alpha value is -1.76. The number of anilines is 1. The summed E-state index contributed by atoms with van der Waals surface area (Å²) in [6.45, 7) is 4.56. The zero-order valence-electron chi connectivity index (χ0n) is 13.4. The molecule has 5 nitrogen and oxygen atoms in total. The van der Waals surface area contributed by atoms with Crippen LogP contribution in [0.5, 0.6) is 0 Å². The van der Waals surface area contributed by atoms with Gasteiger partial charge in [0, 0.05) is 24.2 Å². The van der Waals surface area contributed by atoms with Crippen LogP contribution in [0.15, 0.2) is 35.7 Å². The highest BCUT2D eigenvalue weighted by molar-refractivity contribution is 7.09. The molecule has 1 aromatic carbocycles. The highest BCUT2D eigenvalue weighted by Gasteiger charge is 2.11. The van der Waals surface area contributed by atoms with Crippen LogP contribution in [-0.2, 0) is 17.8 Å². The summed E-state index contributed by atoms with van der Waals surface area (Å²) in [5, 5.41) is 14.8. The van der Waals surface area contributed by atoms with Gasteiger partial charge < -0.3 is 10.4 Å². The molecule has 0 bridgehead atoms. The molecule has 124 valence electrons. The predicted octanol–water partition coefficient (Wildman–Crippen LogP) is 2.53. The first-order chi connectivity index (χ1) is 11.2. The predicted molar refractivity (Wildman–Crippen MR) is 93.5 cm³/mol. The van der Waals surface area contributed by atoms with Gasteiger partial charge in [-0.2, -0.15) is 0 Å². The Balaban J connectivity index is 1.87. The maximum atomic E-state index is 12.0. The number of aliphatic hydroxyl groups excluding tert-OH is 1. The smallest absolute Gasteiger partial charge is 0.231 e. The molecule has 0 aliphatic carbocycles. The summed E-state index contributed by atoms with van der Waals surface area (Å²) in [5.41, 5.74) is 1.76. The molecule has 1 aromatic heterocycles. The second-order valence-corrected chi connectivity index (χ2v) is 6.27. The highest BCUT2D eigenvalue weighted by Crippen LogP contribution is 2.14. The fraction of sp³-hybridized carbons (Fsp3) is 0.412. The van der Waals surface area contributed by atoms with Crippen LogP contribution in [0.25, 0.3) is 0 Å². The van der Waals surface area contributed by atoms with E-state index in [0.717, 1.165) is 29.4 Å². The van der Waals surface area contributed by atoms with Crippen molar-refractivity contribution in [2.75, 3.05) is 25.0 Å². The van der Waals surface area contributed by atoms with E-state index in [4.69, 9.17) is 5.11 Å². The van der Waals surface area contributed by atoms with Crippen molar-refractivity contribution in [3.63, 3.8) is 0 Å². The molecule has 0 fully saturated rings. The van der Waals surface area contributed by atoms with E-state index in [0.29, 0.717) is 13.1 Å². The molecule has 2 N–H and O–H groups in total. The summed E-state index contributed by atoms with van der Waals surface area (Å²) in [6, 6.07) is 9.42. The highest BCUT2D eigenvalue weighted by atomic mass is 32.1. The number of nitrogens with zero attached hydrogens (tertiary/aromatic N) is 2. The van der Waals surface area contributed by atoms with Crippen LogP contribution in [0.2, 0.25) is 0 Å². The lowest BCUT2D eigenvalue weighted by molar-refractivity contribution is -0.115. The Morgan fingerprint density at radius 1 is 1.30 bits per heavy atom. The number of aromatic nitrogens is 1. The lowest BCUT2D eigenvalue weighted by atomic mass is 10.3. The van der Waals surface area contributed by atoms with E-state index in [2.05, 4.69) is 22.1 Å². The number of carbonyl (C=O) groups is 1. The van der Waals surface area contributed by atoms with Gasteiger partial charge >= 0.3 is 0 Å². The number of aliphatic hydroxyl groups is 1. The number of thiazole rings is 1. The fourth-order valence-corrected chi connectivity index (χ4v) is 3.11. The van der Waals surface area contributed by atoms with Gasteiger partial charge in [-0.1, -0.05) is 25.1 Å². The molecule has 0 radical (unpaired) electrons. The van der Waals surface area contributed by atoms with Crippen LogP contribution in [0.1, 0.15) is 24.0 Å². The number of rotatable bonds is 9. The van der Waals surface area contributed by atoms with Crippen molar-refractivity contribution in [1.29, 1.82) is 0 Å². The lowest BCUT2D eigenvalue weighted by Crippen LogP contribution is -2.27. The van der Waals surface area contributed by atoms with E-state index in [1.165, 1.54) is 11.3 Å². The van der Waals surface area contributed by atoms with Gasteiger partial charge in [0.25, 0.3) is 0 Å². The minimum absolute atomic E-state index is 0.0575. The Morgan fingerprint density at radius 3 is 2.78 bits per heavy atom. The minimum Gasteiger partial charge on any atom is -0.395 e. The third-order valence-electron chi connectivity index (χ3n) is 3.31. The Labute approximate surface area is 141 Å². The number of carbonyl (C=O) groups excluding carboxylic acids is 1. The molecule has 0 aliphatic heterocycles. The first-order valence-corrected chi connectivity index (χ1v) is 8.70. The van der Waals surface area contributed by atoms with Crippen molar-refractivity contribution >= 4 is 22.9 Å². The Kier molecular flexibility index (Phi) is 7.19. The topological polar surface area (TPSA) is 65.5 Å². The van der Waals surface area contributed by atoms with Crippen LogP contribution in [0.3, 0.4) is 0 Å². The van der Waals surface area contributed by atoms with E-state index >= 15 is 0 Å². The third kappa shape index (κ3) is 6.09. The molecule has 0 spiro atoms. The van der Waals surface area contributed by atoms with Crippen LogP contribution in [0, 0.1) is 0 Å². The average Bonchev–Trinajstić information content (AvgIpc) is 2.95. The molecule has 1 amide bonds. The molecule has 0 saturated heterocycles. The maximum Gasteiger partial charge on any atom is 0.231 e. The van der Waals surface area contributed by atoms with Gasteiger partial charge in [0.05, 0.1) is 18.7 Å². The number of benzene rings is 1. The van der Waals surface area contributed by atoms with Crippen molar-refractivity contribution in [2.24, 2.45) is 0 Å². The van der Waals surface area contributed by atoms with Crippen molar-refractivity contribution in [3.8, 4) is 0 Å². The summed E-state index contributed by atoms with van der Waals surface area (Å²) in [7, 11) is 0. The van der Waals surface area contributed by atoms with Crippen molar-refractivity contribution < 1.29 is 9.90 Å². The first kappa shape index (κ1) is 17.6. The third-order valence-corrected chi connectivity index (χ3v) is 4.21. The van der Waals surface area contributed by atoms with Crippen LogP contribution < -0.4 is 5.32 Å². The Bertz CT molecular complexity index is 595. The second-order valence-electron chi connectivity index (χ2n) is 5.32. The quantitative estimate of drug-likeness (QED) is 0.740. The minimum atomic E-state index is -0.0575. The Morgan fingerprint density at radius 2 is 2.09 bits per heavy atom. The second kappa shape index (κ2) is 9.39. The molecule has 1 heterocycles. The number of hydrogen-bond donors (Lipinski definition) is 2. The number of para-hydroxylation sites is 1. The first-order valence-electron chi connectivity index (χ1n) is 7.82. The fourth-order valence-electron chi connectivity index (χ4n) is 2.32. The summed E-state index contributed by atoms with van der Waals surface area (Å²) in [4.78, 5) is 18.7.